The summed E-state index contributed by atoms with van der Waals surface area (Å²) in [7, 11) is 0. The first-order valence-electron chi connectivity index (χ1n) is 25.8. The van der Waals surface area contributed by atoms with E-state index >= 15 is 0 Å². The van der Waals surface area contributed by atoms with Crippen molar-refractivity contribution in [3.05, 3.63) is 192 Å². The molecule has 0 N–H and O–H groups in total. The van der Waals surface area contributed by atoms with E-state index in [0.717, 1.165) is 59.9 Å². The molecule has 5 nitrogen and oxygen atoms in total. The van der Waals surface area contributed by atoms with Crippen LogP contribution in [0.1, 0.15) is 117 Å². The molecule has 0 fully saturated rings. The van der Waals surface area contributed by atoms with E-state index in [2.05, 4.69) is 248 Å². The number of pyridine rings is 1. The minimum absolute atomic E-state index is 0.00880. The fourth-order valence-electron chi connectivity index (χ4n) is 10.6. The predicted molar refractivity (Wildman–Crippen MR) is 302 cm³/mol. The van der Waals surface area contributed by atoms with Gasteiger partial charge in [-0.1, -0.05) is 180 Å². The molecule has 0 saturated carbocycles. The number of benzene rings is 7. The van der Waals surface area contributed by atoms with Crippen molar-refractivity contribution >= 4 is 44.6 Å². The number of aryl methyl sites for hydroxylation is 2. The van der Waals surface area contributed by atoms with Gasteiger partial charge < -0.3 is 14.5 Å². The van der Waals surface area contributed by atoms with E-state index in [-0.39, 0.29) is 16.2 Å². The first-order valence-corrected chi connectivity index (χ1v) is 25.8. The van der Waals surface area contributed by atoms with Crippen LogP contribution >= 0.6 is 0 Å². The third-order valence-corrected chi connectivity index (χ3v) is 14.5. The Balaban J connectivity index is 1.07. The molecule has 1 aliphatic heterocycles. The van der Waals surface area contributed by atoms with Gasteiger partial charge in [-0.15, -0.1) is 0 Å². The monoisotopic (exact) mass is 935 g/mol. The highest BCUT2D eigenvalue weighted by atomic mass is 16.5. The summed E-state index contributed by atoms with van der Waals surface area (Å²) >= 11 is 0. The summed E-state index contributed by atoms with van der Waals surface area (Å²) in [6.45, 7) is 25.8. The van der Waals surface area contributed by atoms with Gasteiger partial charge in [0.1, 0.15) is 24.0 Å². The van der Waals surface area contributed by atoms with Gasteiger partial charge in [0.05, 0.1) is 28.1 Å². The largest absolute Gasteiger partial charge is 0.457 e. The number of anilines is 4. The Hall–Kier alpha value is -7.11. The Morgan fingerprint density at radius 1 is 0.507 bits per heavy atom. The minimum Gasteiger partial charge on any atom is -0.457 e. The van der Waals surface area contributed by atoms with E-state index in [4.69, 9.17) is 9.72 Å². The zero-order chi connectivity index (χ0) is 49.8. The maximum Gasteiger partial charge on any atom is 0.137 e. The second kappa shape index (κ2) is 18.6. The lowest BCUT2D eigenvalue weighted by atomic mass is 9.84. The zero-order valence-corrected chi connectivity index (χ0v) is 43.8. The second-order valence-electron chi connectivity index (χ2n) is 22.7. The van der Waals surface area contributed by atoms with Crippen LogP contribution in [0.15, 0.2) is 164 Å². The summed E-state index contributed by atoms with van der Waals surface area (Å²) in [5, 5.41) is 2.56. The molecule has 3 heterocycles. The van der Waals surface area contributed by atoms with Crippen LogP contribution in [0.2, 0.25) is 0 Å². The van der Waals surface area contributed by atoms with Gasteiger partial charge in [0.2, 0.25) is 0 Å². The van der Waals surface area contributed by atoms with Gasteiger partial charge in [-0.25, -0.2) is 4.98 Å². The molecule has 2 aromatic heterocycles. The Bertz CT molecular complexity index is 3350. The predicted octanol–water partition coefficient (Wildman–Crippen LogP) is 18.3. The highest BCUT2D eigenvalue weighted by Gasteiger charge is 2.32. The van der Waals surface area contributed by atoms with E-state index in [1.165, 1.54) is 77.7 Å². The first kappa shape index (κ1) is 47.6. The molecule has 360 valence electrons. The zero-order valence-electron chi connectivity index (χ0n) is 43.8. The number of hydrogen-bond donors (Lipinski definition) is 0. The highest BCUT2D eigenvalue weighted by Crippen LogP contribution is 2.51. The smallest absolute Gasteiger partial charge is 0.137 e. The van der Waals surface area contributed by atoms with Crippen molar-refractivity contribution in [2.75, 3.05) is 16.5 Å². The molecule has 0 saturated heterocycles. The lowest BCUT2D eigenvalue weighted by Crippen LogP contribution is -2.25. The molecular weight excluding hydrogens is 865 g/mol. The molecule has 0 unspecified atom stereocenters. The normalized spacial score (nSPS) is 13.1. The van der Waals surface area contributed by atoms with E-state index in [1.807, 2.05) is 6.20 Å². The van der Waals surface area contributed by atoms with E-state index in [0.29, 0.717) is 6.67 Å². The van der Waals surface area contributed by atoms with E-state index in [1.54, 1.807) is 0 Å². The van der Waals surface area contributed by atoms with Crippen LogP contribution in [0, 0.1) is 0 Å². The second-order valence-corrected chi connectivity index (χ2v) is 22.7. The number of ether oxygens (including phenoxy) is 1. The van der Waals surface area contributed by atoms with Crippen molar-refractivity contribution in [3.63, 3.8) is 0 Å². The fraction of sp³-hybridized carbons (Fsp3) is 0.288. The third-order valence-electron chi connectivity index (χ3n) is 14.5. The number of para-hydroxylation sites is 3. The van der Waals surface area contributed by atoms with Crippen molar-refractivity contribution in [1.29, 1.82) is 0 Å². The Kier molecular flexibility index (Phi) is 12.4. The molecule has 0 spiro atoms. The standard InChI is InChI=1S/C66H70N4O/c1-12-20-44-32-35-59-62(53(44)21-13-2)56-34-33-52(42-60(56)70(59)61-40-49(36-37-67-61)66(9,10)11)71-51-27-18-26-50(41-51)68-43-69(58-31-15-14-30-57(58)68)63-54(45-22-16-24-47(38-45)64(3,4)5)28-19-29-55(63)46-23-17-25-48(39-46)65(6,7)8/h14-19,22-42H,12-13,20-21,43H2,1-11H3. The number of rotatable bonds is 11. The Morgan fingerprint density at radius 3 is 1.73 bits per heavy atom. The van der Waals surface area contributed by atoms with Gasteiger partial charge >= 0.3 is 0 Å². The molecule has 0 atom stereocenters. The first-order chi connectivity index (χ1) is 34.0. The number of aromatic nitrogens is 2. The van der Waals surface area contributed by atoms with E-state index in [9.17, 15) is 0 Å². The molecule has 0 bridgehead atoms. The van der Waals surface area contributed by atoms with Gasteiger partial charge in [0.15, 0.2) is 0 Å². The van der Waals surface area contributed by atoms with Crippen molar-refractivity contribution in [1.82, 2.24) is 9.55 Å². The molecule has 10 rings (SSSR count). The van der Waals surface area contributed by atoms with Crippen LogP contribution in [0.4, 0.5) is 22.7 Å². The van der Waals surface area contributed by atoms with E-state index < -0.39 is 0 Å². The van der Waals surface area contributed by atoms with Gasteiger partial charge in [-0.05, 0) is 123 Å². The average molecular weight is 935 g/mol. The van der Waals surface area contributed by atoms with Gasteiger partial charge in [0.25, 0.3) is 0 Å². The SMILES string of the molecule is CCCc1ccc2c(c1CCC)c1ccc(Oc3cccc(N4CN(c5c(-c6cccc(C(C)(C)C)c6)cccc5-c5cccc(C(C)(C)C)c5)c5ccccc54)c3)cc1n2-c1cc(C(C)(C)C)ccn1. The number of fused-ring (bicyclic) bond motifs is 4. The molecule has 5 heteroatoms. The van der Waals surface area contributed by atoms with Crippen LogP contribution in [0.25, 0.3) is 49.9 Å². The molecule has 0 radical (unpaired) electrons. The van der Waals surface area contributed by atoms with Gasteiger partial charge in [-0.2, -0.15) is 0 Å². The molecular formula is C66H70N4O. The molecule has 1 aliphatic rings. The van der Waals surface area contributed by atoms with Crippen molar-refractivity contribution in [2.24, 2.45) is 0 Å². The van der Waals surface area contributed by atoms with Crippen LogP contribution < -0.4 is 14.5 Å². The maximum absolute atomic E-state index is 6.95. The molecule has 9 aromatic rings. The quantitative estimate of drug-likeness (QED) is 0.129. The van der Waals surface area contributed by atoms with Crippen LogP contribution in [-0.2, 0) is 29.1 Å². The number of nitrogens with zero attached hydrogens (tertiary/aromatic N) is 4. The van der Waals surface area contributed by atoms with Crippen molar-refractivity contribution in [3.8, 4) is 39.6 Å². The minimum atomic E-state index is -0.0218. The molecule has 0 amide bonds. The fourth-order valence-corrected chi connectivity index (χ4v) is 10.6. The van der Waals surface area contributed by atoms with Crippen LogP contribution in [0.5, 0.6) is 11.5 Å². The van der Waals surface area contributed by atoms with Gasteiger partial charge in [0, 0.05) is 45.9 Å². The van der Waals surface area contributed by atoms with Crippen molar-refractivity contribution < 1.29 is 4.74 Å². The summed E-state index contributed by atoms with van der Waals surface area (Å²) in [6, 6.07) is 58.3. The topological polar surface area (TPSA) is 33.5 Å². The average Bonchev–Trinajstić information content (AvgIpc) is 3.90. The van der Waals surface area contributed by atoms with Crippen LogP contribution in [0.3, 0.4) is 0 Å². The summed E-state index contributed by atoms with van der Waals surface area (Å²) in [5.41, 5.74) is 18.5. The third kappa shape index (κ3) is 9.12. The summed E-state index contributed by atoms with van der Waals surface area (Å²) in [6.07, 6.45) is 6.26. The Labute approximate surface area is 422 Å². The summed E-state index contributed by atoms with van der Waals surface area (Å²) in [4.78, 5) is 9.98. The van der Waals surface area contributed by atoms with Crippen molar-refractivity contribution in [2.45, 2.75) is 118 Å². The molecule has 7 aromatic carbocycles. The number of hydrogen-bond acceptors (Lipinski definition) is 4. The van der Waals surface area contributed by atoms with Crippen LogP contribution in [-0.4, -0.2) is 16.2 Å². The Morgan fingerprint density at radius 2 is 1.10 bits per heavy atom. The lowest BCUT2D eigenvalue weighted by Gasteiger charge is -2.28. The summed E-state index contributed by atoms with van der Waals surface area (Å²) in [5.74, 6) is 2.49. The lowest BCUT2D eigenvalue weighted by molar-refractivity contribution is 0.483. The maximum atomic E-state index is 6.95. The molecule has 71 heavy (non-hydrogen) atoms. The molecule has 0 aliphatic carbocycles. The summed E-state index contributed by atoms with van der Waals surface area (Å²) < 4.78 is 9.31. The van der Waals surface area contributed by atoms with Gasteiger partial charge in [-0.3, -0.25) is 4.57 Å². The highest BCUT2D eigenvalue weighted by molar-refractivity contribution is 6.11.